The largest absolute Gasteiger partial charge is 0.457 e. The van der Waals surface area contributed by atoms with Gasteiger partial charge in [0, 0.05) is 50.5 Å². The van der Waals surface area contributed by atoms with Crippen LogP contribution in [0.25, 0.3) is 0 Å². The summed E-state index contributed by atoms with van der Waals surface area (Å²) in [5, 5.41) is 23.3. The Bertz CT molecular complexity index is 871. The SMILES string of the molecule is CCCCCCCCO[C@@H]1O[C@H](CO)[C@@H](O)[C@H](OC(=O)CCCc2ccc(N(CCCl)CCCl)cc2)[C@H]1NC(C)=O. The molecule has 0 saturated carbocycles. The number of nitrogens with one attached hydrogen (secondary N) is 1. The molecule has 11 heteroatoms. The Kier molecular flexibility index (Phi) is 17.6. The van der Waals surface area contributed by atoms with Gasteiger partial charge < -0.3 is 34.6 Å². The van der Waals surface area contributed by atoms with Gasteiger partial charge in [0.2, 0.25) is 5.91 Å². The molecule has 41 heavy (non-hydrogen) atoms. The number of alkyl halides is 2. The van der Waals surface area contributed by atoms with Crippen LogP contribution in [0.5, 0.6) is 0 Å². The summed E-state index contributed by atoms with van der Waals surface area (Å²) in [5.41, 5.74) is 2.11. The lowest BCUT2D eigenvalue weighted by Crippen LogP contribution is -2.65. The fourth-order valence-corrected chi connectivity index (χ4v) is 5.32. The minimum Gasteiger partial charge on any atom is -0.457 e. The van der Waals surface area contributed by atoms with Crippen LogP contribution in [-0.2, 0) is 30.2 Å². The molecule has 3 N–H and O–H groups in total. The van der Waals surface area contributed by atoms with E-state index in [1.807, 2.05) is 24.3 Å². The molecule has 0 aliphatic carbocycles. The van der Waals surface area contributed by atoms with Gasteiger partial charge in [0.1, 0.15) is 18.2 Å². The fraction of sp³-hybridized carbons (Fsp3) is 0.733. The van der Waals surface area contributed by atoms with E-state index in [1.54, 1.807) is 0 Å². The Morgan fingerprint density at radius 2 is 1.68 bits per heavy atom. The second-order valence-electron chi connectivity index (χ2n) is 10.4. The van der Waals surface area contributed by atoms with Crippen LogP contribution in [0.15, 0.2) is 24.3 Å². The molecule has 1 aliphatic heterocycles. The number of anilines is 1. The number of aliphatic hydroxyl groups is 2. The number of nitrogens with zero attached hydrogens (tertiary/aromatic N) is 1. The lowest BCUT2D eigenvalue weighted by atomic mass is 9.96. The number of unbranched alkanes of at least 4 members (excludes halogenated alkanes) is 5. The summed E-state index contributed by atoms with van der Waals surface area (Å²) in [7, 11) is 0. The van der Waals surface area contributed by atoms with Gasteiger partial charge in [-0.3, -0.25) is 9.59 Å². The molecule has 0 radical (unpaired) electrons. The monoisotopic (exact) mass is 618 g/mol. The molecular weight excluding hydrogens is 571 g/mol. The summed E-state index contributed by atoms with van der Waals surface area (Å²) < 4.78 is 17.4. The van der Waals surface area contributed by atoms with Crippen molar-refractivity contribution in [3.05, 3.63) is 29.8 Å². The first kappa shape index (κ1) is 35.6. The second kappa shape index (κ2) is 20.3. The summed E-state index contributed by atoms with van der Waals surface area (Å²) in [5.74, 6) is 0.138. The molecule has 1 aromatic rings. The van der Waals surface area contributed by atoms with E-state index in [4.69, 9.17) is 37.4 Å². The van der Waals surface area contributed by atoms with Gasteiger partial charge in [0.05, 0.1) is 6.61 Å². The molecule has 1 saturated heterocycles. The van der Waals surface area contributed by atoms with E-state index in [-0.39, 0.29) is 12.3 Å². The third-order valence-corrected chi connectivity index (χ3v) is 7.47. The highest BCUT2D eigenvalue weighted by atomic mass is 35.5. The van der Waals surface area contributed by atoms with E-state index in [1.165, 1.54) is 26.2 Å². The highest BCUT2D eigenvalue weighted by Crippen LogP contribution is 2.26. The number of aryl methyl sites for hydroxylation is 1. The first-order valence-corrected chi connectivity index (χ1v) is 15.9. The van der Waals surface area contributed by atoms with Crippen LogP contribution in [0.3, 0.4) is 0 Å². The Morgan fingerprint density at radius 1 is 1.02 bits per heavy atom. The number of carbonyl (C=O) groups is 2. The molecule has 0 bridgehead atoms. The number of benzene rings is 1. The quantitative estimate of drug-likeness (QED) is 0.113. The molecule has 0 aromatic heterocycles. The van der Waals surface area contributed by atoms with Crippen LogP contribution in [-0.4, -0.2) is 90.8 Å². The number of aliphatic hydroxyl groups excluding tert-OH is 2. The minimum absolute atomic E-state index is 0.121. The number of halogens is 2. The molecule has 1 aromatic carbocycles. The van der Waals surface area contributed by atoms with Gasteiger partial charge in [0.25, 0.3) is 0 Å². The molecule has 1 heterocycles. The molecule has 1 aliphatic rings. The lowest BCUT2D eigenvalue weighted by Gasteiger charge is -2.43. The topological polar surface area (TPSA) is 118 Å². The van der Waals surface area contributed by atoms with Crippen molar-refractivity contribution >= 4 is 40.8 Å². The summed E-state index contributed by atoms with van der Waals surface area (Å²) in [6, 6.07) is 7.16. The standard InChI is InChI=1S/C30H48Cl2N2O7/c1-3-4-5-6-7-8-20-39-30-27(33-22(2)36)29(28(38)25(21-35)40-30)41-26(37)11-9-10-23-12-14-24(15-13-23)34(18-16-31)19-17-32/h12-15,25,27-30,35,38H,3-11,16-21H2,1-2H3,(H,33,36)/t25-,27-,28-,29-,30-/m1/s1. The van der Waals surface area contributed by atoms with Gasteiger partial charge >= 0.3 is 5.97 Å². The van der Waals surface area contributed by atoms with Crippen LogP contribution in [0, 0.1) is 0 Å². The van der Waals surface area contributed by atoms with E-state index >= 15 is 0 Å². The van der Waals surface area contributed by atoms with Crippen molar-refractivity contribution in [1.82, 2.24) is 5.32 Å². The summed E-state index contributed by atoms with van der Waals surface area (Å²) in [4.78, 5) is 26.9. The maximum absolute atomic E-state index is 12.8. The Labute approximate surface area is 254 Å². The van der Waals surface area contributed by atoms with Crippen LogP contribution < -0.4 is 10.2 Å². The van der Waals surface area contributed by atoms with E-state index in [9.17, 15) is 19.8 Å². The maximum Gasteiger partial charge on any atom is 0.306 e. The van der Waals surface area contributed by atoms with Crippen LogP contribution in [0.4, 0.5) is 5.69 Å². The van der Waals surface area contributed by atoms with Gasteiger partial charge in [-0.1, -0.05) is 51.2 Å². The van der Waals surface area contributed by atoms with Crippen LogP contribution in [0.1, 0.15) is 70.8 Å². The lowest BCUT2D eigenvalue weighted by molar-refractivity contribution is -0.273. The zero-order valence-electron chi connectivity index (χ0n) is 24.4. The number of amides is 1. The van der Waals surface area contributed by atoms with Crippen LogP contribution in [0.2, 0.25) is 0 Å². The Balaban J connectivity index is 1.94. The van der Waals surface area contributed by atoms with E-state index in [0.29, 0.717) is 44.3 Å². The van der Waals surface area contributed by atoms with Crippen molar-refractivity contribution in [2.45, 2.75) is 102 Å². The molecule has 9 nitrogen and oxygen atoms in total. The molecule has 5 atom stereocenters. The third-order valence-electron chi connectivity index (χ3n) is 7.13. The minimum atomic E-state index is -1.33. The number of hydrogen-bond acceptors (Lipinski definition) is 8. The van der Waals surface area contributed by atoms with Gasteiger partial charge in [0.15, 0.2) is 12.4 Å². The summed E-state index contributed by atoms with van der Waals surface area (Å²) in [6.45, 7) is 4.82. The predicted molar refractivity (Wildman–Crippen MR) is 162 cm³/mol. The molecule has 1 amide bonds. The second-order valence-corrected chi connectivity index (χ2v) is 11.2. The van der Waals surface area contributed by atoms with Gasteiger partial charge in [-0.15, -0.1) is 23.2 Å². The van der Waals surface area contributed by atoms with Crippen LogP contribution >= 0.6 is 23.2 Å². The van der Waals surface area contributed by atoms with Gasteiger partial charge in [-0.2, -0.15) is 0 Å². The first-order valence-electron chi connectivity index (χ1n) is 14.8. The molecule has 0 unspecified atom stereocenters. The predicted octanol–water partition coefficient (Wildman–Crippen LogP) is 4.17. The smallest absolute Gasteiger partial charge is 0.306 e. The highest BCUT2D eigenvalue weighted by molar-refractivity contribution is 6.18. The zero-order valence-corrected chi connectivity index (χ0v) is 26.0. The number of hydrogen-bond donors (Lipinski definition) is 3. The summed E-state index contributed by atoms with van der Waals surface area (Å²) >= 11 is 11.8. The number of rotatable bonds is 20. The number of carbonyl (C=O) groups excluding carboxylic acids is 2. The van der Waals surface area contributed by atoms with Crippen molar-refractivity contribution < 1.29 is 34.0 Å². The Morgan fingerprint density at radius 3 is 2.29 bits per heavy atom. The fourth-order valence-electron chi connectivity index (χ4n) is 4.92. The van der Waals surface area contributed by atoms with E-state index < -0.39 is 43.2 Å². The van der Waals surface area contributed by atoms with Gasteiger partial charge in [-0.05, 0) is 37.0 Å². The van der Waals surface area contributed by atoms with Crippen molar-refractivity contribution in [3.63, 3.8) is 0 Å². The normalized spacial score (nSPS) is 22.3. The summed E-state index contributed by atoms with van der Waals surface area (Å²) in [6.07, 6.45) is 3.37. The molecule has 2 rings (SSSR count). The highest BCUT2D eigenvalue weighted by Gasteiger charge is 2.48. The molecule has 234 valence electrons. The van der Waals surface area contributed by atoms with Gasteiger partial charge in [-0.25, -0.2) is 0 Å². The zero-order chi connectivity index (χ0) is 30.0. The van der Waals surface area contributed by atoms with E-state index in [0.717, 1.165) is 30.5 Å². The van der Waals surface area contributed by atoms with Crippen molar-refractivity contribution in [2.75, 3.05) is 43.0 Å². The average Bonchev–Trinajstić information content (AvgIpc) is 2.95. The van der Waals surface area contributed by atoms with Crippen molar-refractivity contribution in [1.29, 1.82) is 0 Å². The number of esters is 1. The van der Waals surface area contributed by atoms with Crippen molar-refractivity contribution in [3.8, 4) is 0 Å². The van der Waals surface area contributed by atoms with Crippen molar-refractivity contribution in [2.24, 2.45) is 0 Å². The molecular formula is C30H48Cl2N2O7. The Hall–Kier alpha value is -1.62. The maximum atomic E-state index is 12.8. The average molecular weight is 620 g/mol. The first-order chi connectivity index (χ1) is 19.8. The third kappa shape index (κ3) is 12.6. The number of ether oxygens (including phenoxy) is 3. The molecule has 0 spiro atoms. The molecule has 1 fully saturated rings. The van der Waals surface area contributed by atoms with E-state index in [2.05, 4.69) is 17.1 Å².